The normalized spacial score (nSPS) is 14.8. The topological polar surface area (TPSA) is 130 Å². The Hall–Kier alpha value is -3.57. The summed E-state index contributed by atoms with van der Waals surface area (Å²) in [6.45, 7) is 1.07. The zero-order chi connectivity index (χ0) is 22.3. The molecule has 1 saturated heterocycles. The van der Waals surface area contributed by atoms with Gasteiger partial charge in [0.15, 0.2) is 5.65 Å². The second kappa shape index (κ2) is 7.84. The number of aromatic amines is 1. The first kappa shape index (κ1) is 20.3. The van der Waals surface area contributed by atoms with E-state index in [1.54, 1.807) is 42.5 Å². The monoisotopic (exact) mass is 452 g/mol. The molecule has 2 aromatic heterocycles. The van der Waals surface area contributed by atoms with Crippen LogP contribution in [-0.4, -0.2) is 59.0 Å². The fourth-order valence-electron chi connectivity index (χ4n) is 3.78. The summed E-state index contributed by atoms with van der Waals surface area (Å²) in [6.07, 6.45) is 1.74. The third-order valence-corrected chi connectivity index (χ3v) is 7.34. The van der Waals surface area contributed by atoms with E-state index in [1.807, 2.05) is 0 Å². The van der Waals surface area contributed by atoms with E-state index in [-0.39, 0.29) is 10.8 Å². The Morgan fingerprint density at radius 2 is 1.94 bits per heavy atom. The van der Waals surface area contributed by atoms with Gasteiger partial charge in [0.2, 0.25) is 10.0 Å². The number of sulfonamides is 1. The minimum atomic E-state index is -3.55. The van der Waals surface area contributed by atoms with Gasteiger partial charge < -0.3 is 9.72 Å². The molecule has 3 heterocycles. The minimum Gasteiger partial charge on any atom is -0.497 e. The molecule has 0 unspecified atom stereocenters. The van der Waals surface area contributed by atoms with Gasteiger partial charge in [0, 0.05) is 29.6 Å². The molecule has 5 rings (SSSR count). The highest BCUT2D eigenvalue weighted by Gasteiger charge is 2.27. The molecule has 32 heavy (non-hydrogen) atoms. The molecule has 2 aromatic carbocycles. The molecule has 0 aliphatic carbocycles. The minimum absolute atomic E-state index is 0.0294. The highest BCUT2D eigenvalue weighted by molar-refractivity contribution is 7.89. The molecular weight excluding hydrogens is 432 g/mol. The van der Waals surface area contributed by atoms with Gasteiger partial charge in [-0.05, 0) is 49.2 Å². The van der Waals surface area contributed by atoms with Crippen molar-refractivity contribution in [2.24, 2.45) is 0 Å². The molecule has 164 valence electrons. The van der Waals surface area contributed by atoms with Gasteiger partial charge in [-0.2, -0.15) is 9.29 Å². The Balaban J connectivity index is 1.47. The molecule has 1 amide bonds. The van der Waals surface area contributed by atoms with Crippen LogP contribution >= 0.6 is 0 Å². The van der Waals surface area contributed by atoms with E-state index in [0.29, 0.717) is 46.5 Å². The van der Waals surface area contributed by atoms with Crippen molar-refractivity contribution in [1.82, 2.24) is 24.5 Å². The molecule has 1 aliphatic heterocycles. The van der Waals surface area contributed by atoms with E-state index >= 15 is 0 Å². The largest absolute Gasteiger partial charge is 0.497 e. The fourth-order valence-corrected chi connectivity index (χ4v) is 5.32. The van der Waals surface area contributed by atoms with Crippen LogP contribution in [0.1, 0.15) is 23.2 Å². The van der Waals surface area contributed by atoms with Crippen molar-refractivity contribution >= 4 is 43.9 Å². The number of nitrogens with zero attached hydrogens (tertiary/aromatic N) is 4. The number of benzene rings is 2. The van der Waals surface area contributed by atoms with Crippen LogP contribution in [0.2, 0.25) is 0 Å². The lowest BCUT2D eigenvalue weighted by Crippen LogP contribution is -2.27. The van der Waals surface area contributed by atoms with Crippen molar-refractivity contribution in [3.05, 3.63) is 48.0 Å². The molecule has 0 bridgehead atoms. The molecule has 2 N–H and O–H groups in total. The van der Waals surface area contributed by atoms with Gasteiger partial charge in [-0.15, -0.1) is 10.2 Å². The van der Waals surface area contributed by atoms with E-state index in [2.05, 4.69) is 25.5 Å². The van der Waals surface area contributed by atoms with Crippen molar-refractivity contribution in [3.63, 3.8) is 0 Å². The number of ether oxygens (including phenoxy) is 1. The summed E-state index contributed by atoms with van der Waals surface area (Å²) in [6, 6.07) is 11.6. The summed E-state index contributed by atoms with van der Waals surface area (Å²) in [4.78, 5) is 20.2. The van der Waals surface area contributed by atoms with Crippen LogP contribution in [0.25, 0.3) is 22.1 Å². The Bertz CT molecular complexity index is 1440. The Labute approximate surface area is 183 Å². The van der Waals surface area contributed by atoms with Gasteiger partial charge >= 0.3 is 0 Å². The Morgan fingerprint density at radius 1 is 1.12 bits per heavy atom. The molecule has 0 atom stereocenters. The van der Waals surface area contributed by atoms with Crippen LogP contribution in [0.5, 0.6) is 5.75 Å². The van der Waals surface area contributed by atoms with Gasteiger partial charge in [-0.3, -0.25) is 10.1 Å². The lowest BCUT2D eigenvalue weighted by atomic mass is 10.2. The first-order chi connectivity index (χ1) is 15.5. The van der Waals surface area contributed by atoms with Gasteiger partial charge in [-0.25, -0.2) is 8.42 Å². The lowest BCUT2D eigenvalue weighted by Gasteiger charge is -2.15. The van der Waals surface area contributed by atoms with E-state index in [0.717, 1.165) is 12.8 Å². The standard InChI is InChI=1S/C21H20N6O4S/c1-31-14-6-4-5-13(11-14)20(28)24-21-23-19-18(25-26-21)16-12-15(7-8-17(16)22-19)32(29,30)27-9-2-3-10-27/h4-8,11-12H,2-3,9-10H2,1H3,(H2,22,23,24,26,28). The highest BCUT2D eigenvalue weighted by Crippen LogP contribution is 2.28. The third-order valence-electron chi connectivity index (χ3n) is 5.45. The Morgan fingerprint density at radius 3 is 2.72 bits per heavy atom. The summed E-state index contributed by atoms with van der Waals surface area (Å²) in [5.74, 6) is 0.185. The summed E-state index contributed by atoms with van der Waals surface area (Å²) in [7, 11) is -2.03. The predicted octanol–water partition coefficient (Wildman–Crippen LogP) is 2.55. The van der Waals surface area contributed by atoms with Crippen LogP contribution in [0.15, 0.2) is 47.4 Å². The summed E-state index contributed by atoms with van der Waals surface area (Å²) >= 11 is 0. The van der Waals surface area contributed by atoms with E-state index in [1.165, 1.54) is 11.4 Å². The maximum atomic E-state index is 12.9. The van der Waals surface area contributed by atoms with E-state index in [4.69, 9.17) is 4.74 Å². The summed E-state index contributed by atoms with van der Waals surface area (Å²) in [5, 5.41) is 11.4. The summed E-state index contributed by atoms with van der Waals surface area (Å²) < 4.78 is 32.4. The Kier molecular flexibility index (Phi) is 4.98. The number of anilines is 1. The molecule has 11 heteroatoms. The average molecular weight is 452 g/mol. The van der Waals surface area contributed by atoms with Crippen molar-refractivity contribution in [2.75, 3.05) is 25.5 Å². The molecule has 10 nitrogen and oxygen atoms in total. The quantitative estimate of drug-likeness (QED) is 0.476. The molecule has 0 spiro atoms. The molecule has 4 aromatic rings. The average Bonchev–Trinajstić information content (AvgIpc) is 3.47. The number of rotatable bonds is 5. The first-order valence-electron chi connectivity index (χ1n) is 10.1. The first-order valence-corrected chi connectivity index (χ1v) is 11.5. The fraction of sp³-hybridized carbons (Fsp3) is 0.238. The maximum Gasteiger partial charge on any atom is 0.258 e. The van der Waals surface area contributed by atoms with Crippen LogP contribution in [0.4, 0.5) is 5.95 Å². The van der Waals surface area contributed by atoms with Crippen molar-refractivity contribution in [1.29, 1.82) is 0 Å². The number of fused-ring (bicyclic) bond motifs is 3. The maximum absolute atomic E-state index is 12.9. The smallest absolute Gasteiger partial charge is 0.258 e. The number of H-pyrrole nitrogens is 1. The zero-order valence-electron chi connectivity index (χ0n) is 17.2. The number of amides is 1. The predicted molar refractivity (Wildman–Crippen MR) is 118 cm³/mol. The molecule has 1 aliphatic rings. The zero-order valence-corrected chi connectivity index (χ0v) is 18.0. The van der Waals surface area contributed by atoms with Gasteiger partial charge in [0.05, 0.1) is 12.0 Å². The second-order valence-corrected chi connectivity index (χ2v) is 9.40. The van der Waals surface area contributed by atoms with Gasteiger partial charge in [0.1, 0.15) is 11.3 Å². The number of nitrogens with one attached hydrogen (secondary N) is 2. The van der Waals surface area contributed by atoms with Crippen molar-refractivity contribution < 1.29 is 17.9 Å². The van der Waals surface area contributed by atoms with Crippen LogP contribution in [0, 0.1) is 0 Å². The summed E-state index contributed by atoms with van der Waals surface area (Å²) in [5.41, 5.74) is 1.89. The number of aromatic nitrogens is 4. The molecular formula is C21H20N6O4S. The molecule has 0 radical (unpaired) electrons. The molecule has 0 saturated carbocycles. The van der Waals surface area contributed by atoms with Crippen molar-refractivity contribution in [2.45, 2.75) is 17.7 Å². The van der Waals surface area contributed by atoms with Gasteiger partial charge in [0.25, 0.3) is 11.9 Å². The van der Waals surface area contributed by atoms with Crippen LogP contribution < -0.4 is 10.1 Å². The van der Waals surface area contributed by atoms with Crippen molar-refractivity contribution in [3.8, 4) is 5.75 Å². The number of hydrogen-bond acceptors (Lipinski definition) is 7. The number of carbonyl (C=O) groups excluding carboxylic acids is 1. The SMILES string of the molecule is COc1cccc(C(=O)Nc2nnc3c(n2)[nH]c2ccc(S(=O)(=O)N4CCCC4)cc23)c1. The van der Waals surface area contributed by atoms with Crippen LogP contribution in [0.3, 0.4) is 0 Å². The third kappa shape index (κ3) is 3.55. The number of hydrogen-bond donors (Lipinski definition) is 2. The van der Waals surface area contributed by atoms with Crippen LogP contribution in [-0.2, 0) is 10.0 Å². The lowest BCUT2D eigenvalue weighted by molar-refractivity contribution is 0.102. The number of methoxy groups -OCH3 is 1. The highest BCUT2D eigenvalue weighted by atomic mass is 32.2. The van der Waals surface area contributed by atoms with E-state index in [9.17, 15) is 13.2 Å². The van der Waals surface area contributed by atoms with Gasteiger partial charge in [-0.1, -0.05) is 6.07 Å². The number of carbonyl (C=O) groups is 1. The molecule has 1 fully saturated rings. The van der Waals surface area contributed by atoms with E-state index < -0.39 is 15.9 Å². The second-order valence-electron chi connectivity index (χ2n) is 7.46.